The maximum atomic E-state index is 11.3. The number of nitrogens with two attached hydrogens (primary N) is 1. The minimum Gasteiger partial charge on any atom is -0.476 e. The van der Waals surface area contributed by atoms with Gasteiger partial charge in [-0.2, -0.15) is 0 Å². The van der Waals surface area contributed by atoms with Crippen LogP contribution in [0.4, 0.5) is 5.69 Å². The highest BCUT2D eigenvalue weighted by molar-refractivity contribution is 5.98. The second-order valence-electron chi connectivity index (χ2n) is 4.95. The molecule has 2 rings (SSSR count). The second-order valence-corrected chi connectivity index (χ2v) is 4.95. The Labute approximate surface area is 124 Å². The molecule has 0 aliphatic heterocycles. The van der Waals surface area contributed by atoms with Gasteiger partial charge in [-0.25, -0.2) is 9.78 Å². The molecule has 0 aliphatic carbocycles. The Morgan fingerprint density at radius 2 is 1.95 bits per heavy atom. The van der Waals surface area contributed by atoms with Gasteiger partial charge in [-0.15, -0.1) is 0 Å². The maximum Gasteiger partial charge on any atom is 0.356 e. The van der Waals surface area contributed by atoms with Gasteiger partial charge >= 0.3 is 5.97 Å². The molecule has 0 saturated heterocycles. The zero-order chi connectivity index (χ0) is 15.4. The summed E-state index contributed by atoms with van der Waals surface area (Å²) in [6.07, 6.45) is 0.719. The molecule has 2 aromatic rings. The number of nitrogens with zero attached hydrogens (tertiary/aromatic N) is 2. The van der Waals surface area contributed by atoms with Crippen LogP contribution in [0.2, 0.25) is 0 Å². The number of hydrogen-bond acceptors (Lipinski definition) is 4. The smallest absolute Gasteiger partial charge is 0.356 e. The number of aromatic carboxylic acids is 1. The molecule has 21 heavy (non-hydrogen) atoms. The number of rotatable bonds is 6. The van der Waals surface area contributed by atoms with Gasteiger partial charge < -0.3 is 15.7 Å². The van der Waals surface area contributed by atoms with Crippen LogP contribution in [0.5, 0.6) is 0 Å². The van der Waals surface area contributed by atoms with Crippen molar-refractivity contribution in [2.45, 2.75) is 20.3 Å². The minimum absolute atomic E-state index is 0.0525. The van der Waals surface area contributed by atoms with Crippen LogP contribution in [0.1, 0.15) is 29.9 Å². The van der Waals surface area contributed by atoms with Crippen LogP contribution in [-0.4, -0.2) is 40.6 Å². The van der Waals surface area contributed by atoms with Crippen LogP contribution in [0.15, 0.2) is 24.3 Å². The normalized spacial score (nSPS) is 11.2. The number of anilines is 1. The Kier molecular flexibility index (Phi) is 4.75. The number of carbonyl (C=O) groups is 1. The van der Waals surface area contributed by atoms with Crippen molar-refractivity contribution < 1.29 is 9.90 Å². The van der Waals surface area contributed by atoms with Crippen LogP contribution in [0, 0.1) is 0 Å². The predicted molar refractivity (Wildman–Crippen MR) is 84.6 cm³/mol. The van der Waals surface area contributed by atoms with E-state index in [4.69, 9.17) is 5.73 Å². The predicted octanol–water partition coefficient (Wildman–Crippen LogP) is 2.40. The third kappa shape index (κ3) is 3.13. The molecule has 0 fully saturated rings. The summed E-state index contributed by atoms with van der Waals surface area (Å²) < 4.78 is 0. The summed E-state index contributed by atoms with van der Waals surface area (Å²) in [6, 6.07) is 7.54. The van der Waals surface area contributed by atoms with Gasteiger partial charge in [-0.3, -0.25) is 0 Å². The topological polar surface area (TPSA) is 79.5 Å². The molecule has 5 heteroatoms. The molecule has 5 nitrogen and oxygen atoms in total. The number of nitrogen functional groups attached to an aromatic ring is 1. The van der Waals surface area contributed by atoms with E-state index >= 15 is 0 Å². The van der Waals surface area contributed by atoms with Crippen molar-refractivity contribution in [3.63, 3.8) is 0 Å². The van der Waals surface area contributed by atoms with E-state index in [1.165, 1.54) is 0 Å². The Hall–Kier alpha value is -2.14. The zero-order valence-corrected chi connectivity index (χ0v) is 12.5. The molecule has 0 bridgehead atoms. The number of fused-ring (bicyclic) bond motifs is 1. The average molecular weight is 287 g/mol. The van der Waals surface area contributed by atoms with Crippen LogP contribution < -0.4 is 5.73 Å². The Morgan fingerprint density at radius 3 is 2.57 bits per heavy atom. The first-order valence-corrected chi connectivity index (χ1v) is 7.21. The molecule has 1 aromatic heterocycles. The maximum absolute atomic E-state index is 11.3. The molecule has 0 aliphatic rings. The number of aromatic nitrogens is 1. The highest BCUT2D eigenvalue weighted by Gasteiger charge is 2.17. The van der Waals surface area contributed by atoms with Gasteiger partial charge in [0.25, 0.3) is 0 Å². The van der Waals surface area contributed by atoms with Gasteiger partial charge in [0.15, 0.2) is 5.69 Å². The highest BCUT2D eigenvalue weighted by atomic mass is 16.4. The van der Waals surface area contributed by atoms with Crippen molar-refractivity contribution in [1.29, 1.82) is 0 Å². The monoisotopic (exact) mass is 287 g/mol. The van der Waals surface area contributed by atoms with Crippen LogP contribution in [0.3, 0.4) is 0 Å². The Morgan fingerprint density at radius 1 is 1.29 bits per heavy atom. The second kappa shape index (κ2) is 6.54. The van der Waals surface area contributed by atoms with Gasteiger partial charge in [0.05, 0.1) is 11.2 Å². The van der Waals surface area contributed by atoms with Crippen LogP contribution >= 0.6 is 0 Å². The van der Waals surface area contributed by atoms with E-state index in [1.807, 2.05) is 24.3 Å². The van der Waals surface area contributed by atoms with E-state index in [9.17, 15) is 9.90 Å². The number of hydrogen-bond donors (Lipinski definition) is 2. The van der Waals surface area contributed by atoms with E-state index in [0.717, 1.165) is 37.0 Å². The summed E-state index contributed by atoms with van der Waals surface area (Å²) >= 11 is 0. The standard InChI is InChI=1S/C16H21N3O2/c1-3-19(4-2)10-9-12-11-7-5-6-8-13(11)18-15(14(12)17)16(20)21/h5-8H,3-4,9-10,17H2,1-2H3,(H,20,21). The fourth-order valence-corrected chi connectivity index (χ4v) is 2.54. The van der Waals surface area contributed by atoms with Gasteiger partial charge in [-0.1, -0.05) is 32.0 Å². The summed E-state index contributed by atoms with van der Waals surface area (Å²) in [7, 11) is 0. The van der Waals surface area contributed by atoms with E-state index in [-0.39, 0.29) is 11.4 Å². The van der Waals surface area contributed by atoms with E-state index in [1.54, 1.807) is 0 Å². The Balaban J connectivity index is 2.48. The average Bonchev–Trinajstić information content (AvgIpc) is 2.49. The summed E-state index contributed by atoms with van der Waals surface area (Å²) in [5.74, 6) is -1.08. The van der Waals surface area contributed by atoms with Crippen molar-refractivity contribution in [3.8, 4) is 0 Å². The van der Waals surface area contributed by atoms with E-state index in [2.05, 4.69) is 23.7 Å². The largest absolute Gasteiger partial charge is 0.476 e. The van der Waals surface area contributed by atoms with Gasteiger partial charge in [0.1, 0.15) is 0 Å². The molecular formula is C16H21N3O2. The lowest BCUT2D eigenvalue weighted by Crippen LogP contribution is -2.26. The summed E-state index contributed by atoms with van der Waals surface area (Å²) in [5.41, 5.74) is 7.85. The molecule has 112 valence electrons. The summed E-state index contributed by atoms with van der Waals surface area (Å²) in [4.78, 5) is 17.8. The van der Waals surface area contributed by atoms with Gasteiger partial charge in [0.2, 0.25) is 0 Å². The van der Waals surface area contributed by atoms with Crippen molar-refractivity contribution in [1.82, 2.24) is 9.88 Å². The van der Waals surface area contributed by atoms with Crippen molar-refractivity contribution in [2.75, 3.05) is 25.4 Å². The molecule has 1 heterocycles. The molecule has 0 radical (unpaired) electrons. The molecule has 1 aromatic carbocycles. The molecule has 0 saturated carbocycles. The van der Waals surface area contributed by atoms with Gasteiger partial charge in [0, 0.05) is 11.9 Å². The summed E-state index contributed by atoms with van der Waals surface area (Å²) in [5, 5.41) is 10.2. The van der Waals surface area contributed by atoms with Gasteiger partial charge in [-0.05, 0) is 31.1 Å². The molecule has 0 spiro atoms. The third-order valence-electron chi connectivity index (χ3n) is 3.82. The van der Waals surface area contributed by atoms with Crippen LogP contribution in [-0.2, 0) is 6.42 Å². The molecule has 0 atom stereocenters. The lowest BCUT2D eigenvalue weighted by atomic mass is 10.0. The quantitative estimate of drug-likeness (QED) is 0.853. The number of benzene rings is 1. The summed E-state index contributed by atoms with van der Waals surface area (Å²) in [6.45, 7) is 7.00. The number of carboxylic acids is 1. The first-order valence-electron chi connectivity index (χ1n) is 7.21. The lowest BCUT2D eigenvalue weighted by molar-refractivity contribution is 0.0692. The molecule has 3 N–H and O–H groups in total. The molecule has 0 unspecified atom stereocenters. The SMILES string of the molecule is CCN(CC)CCc1c(N)c(C(=O)O)nc2ccccc12. The zero-order valence-electron chi connectivity index (χ0n) is 12.5. The first-order chi connectivity index (χ1) is 10.1. The number of likely N-dealkylation sites (N-methyl/N-ethyl adjacent to an activating group) is 1. The van der Waals surface area contributed by atoms with Crippen molar-refractivity contribution in [2.24, 2.45) is 0 Å². The van der Waals surface area contributed by atoms with E-state index in [0.29, 0.717) is 5.52 Å². The van der Waals surface area contributed by atoms with Crippen LogP contribution in [0.25, 0.3) is 10.9 Å². The minimum atomic E-state index is -1.08. The number of para-hydroxylation sites is 1. The van der Waals surface area contributed by atoms with E-state index < -0.39 is 5.97 Å². The Bertz CT molecular complexity index is 651. The number of carboxylic acid groups (broad SMARTS) is 1. The molecular weight excluding hydrogens is 266 g/mol. The third-order valence-corrected chi connectivity index (χ3v) is 3.82. The number of pyridine rings is 1. The van der Waals surface area contributed by atoms with Crippen molar-refractivity contribution in [3.05, 3.63) is 35.5 Å². The fourth-order valence-electron chi connectivity index (χ4n) is 2.54. The lowest BCUT2D eigenvalue weighted by Gasteiger charge is -2.19. The first kappa shape index (κ1) is 15.3. The fraction of sp³-hybridized carbons (Fsp3) is 0.375. The highest BCUT2D eigenvalue weighted by Crippen LogP contribution is 2.26. The van der Waals surface area contributed by atoms with Crippen molar-refractivity contribution >= 4 is 22.6 Å². The molecule has 0 amide bonds.